The van der Waals surface area contributed by atoms with Crippen LogP contribution in [0.25, 0.3) is 0 Å². The van der Waals surface area contributed by atoms with Gasteiger partial charge in [-0.25, -0.2) is 17.6 Å². The first-order chi connectivity index (χ1) is 12.8. The summed E-state index contributed by atoms with van der Waals surface area (Å²) in [5, 5.41) is 7.39. The van der Waals surface area contributed by atoms with E-state index in [9.17, 15) is 17.6 Å². The summed E-state index contributed by atoms with van der Waals surface area (Å²) in [5.74, 6) is -1.65. The highest BCUT2D eigenvalue weighted by atomic mass is 32.2. The second kappa shape index (κ2) is 7.53. The van der Waals surface area contributed by atoms with Gasteiger partial charge in [0.25, 0.3) is 0 Å². The van der Waals surface area contributed by atoms with Crippen LogP contribution in [0.5, 0.6) is 11.5 Å². The van der Waals surface area contributed by atoms with Gasteiger partial charge in [0.15, 0.2) is 16.4 Å². The number of sulfone groups is 1. The Morgan fingerprint density at radius 3 is 2.81 bits per heavy atom. The van der Waals surface area contributed by atoms with E-state index in [-0.39, 0.29) is 11.5 Å². The highest BCUT2D eigenvalue weighted by molar-refractivity contribution is 7.92. The highest BCUT2D eigenvalue weighted by Gasteiger charge is 2.36. The molecule has 27 heavy (non-hydrogen) atoms. The molecule has 2 aromatic carbocycles. The molecule has 1 heterocycles. The van der Waals surface area contributed by atoms with E-state index in [0.717, 1.165) is 12.1 Å². The van der Waals surface area contributed by atoms with Gasteiger partial charge in [0.05, 0.1) is 11.5 Å². The van der Waals surface area contributed by atoms with E-state index in [1.807, 2.05) is 0 Å². The van der Waals surface area contributed by atoms with Crippen LogP contribution in [0, 0.1) is 5.82 Å². The van der Waals surface area contributed by atoms with E-state index < -0.39 is 39.5 Å². The van der Waals surface area contributed by atoms with Crippen LogP contribution in [0.4, 0.5) is 4.39 Å². The van der Waals surface area contributed by atoms with Crippen molar-refractivity contribution < 1.29 is 32.2 Å². The molecule has 3 rings (SSSR count). The molecule has 0 bridgehead atoms. The summed E-state index contributed by atoms with van der Waals surface area (Å²) in [5.41, 5.74) is 6.66. The molecule has 2 unspecified atom stereocenters. The average Bonchev–Trinajstić information content (AvgIpc) is 2.65. The number of benzene rings is 2. The summed E-state index contributed by atoms with van der Waals surface area (Å²) < 4.78 is 49.7. The number of carboxylic acids is 1. The van der Waals surface area contributed by atoms with Crippen molar-refractivity contribution in [2.45, 2.75) is 22.6 Å². The molecule has 0 aromatic heterocycles. The Morgan fingerprint density at radius 1 is 1.33 bits per heavy atom. The fourth-order valence-corrected chi connectivity index (χ4v) is 4.57. The zero-order valence-corrected chi connectivity index (χ0v) is 15.0. The second-order valence-corrected chi connectivity index (χ2v) is 8.20. The minimum absolute atomic E-state index is 0.176. The van der Waals surface area contributed by atoms with Crippen LogP contribution in [0.2, 0.25) is 0 Å². The number of hydrogen-bond donors (Lipinski definition) is 2. The zero-order chi connectivity index (χ0) is 19.6. The summed E-state index contributed by atoms with van der Waals surface area (Å²) in [6.45, 7) is -0.262. The monoisotopic (exact) mass is 395 g/mol. The fourth-order valence-electron chi connectivity index (χ4n) is 2.99. The van der Waals surface area contributed by atoms with Gasteiger partial charge in [-0.2, -0.15) is 0 Å². The molecule has 0 radical (unpaired) electrons. The summed E-state index contributed by atoms with van der Waals surface area (Å²) >= 11 is 0. The molecule has 2 atom stereocenters. The van der Waals surface area contributed by atoms with E-state index in [0.29, 0.717) is 23.5 Å². The number of halogens is 1. The van der Waals surface area contributed by atoms with Gasteiger partial charge in [0, 0.05) is 17.5 Å². The Hall–Kier alpha value is -2.65. The Morgan fingerprint density at radius 2 is 2.11 bits per heavy atom. The second-order valence-electron chi connectivity index (χ2n) is 6.09. The Balaban J connectivity index is 1.89. The lowest BCUT2D eigenvalue weighted by Gasteiger charge is -2.30. The molecule has 144 valence electrons. The Bertz CT molecular complexity index is 962. The molecule has 7 nitrogen and oxygen atoms in total. The van der Waals surface area contributed by atoms with Gasteiger partial charge in [-0.3, -0.25) is 0 Å². The van der Waals surface area contributed by atoms with Crippen LogP contribution >= 0.6 is 0 Å². The molecule has 9 heteroatoms. The van der Waals surface area contributed by atoms with Crippen LogP contribution < -0.4 is 15.2 Å². The van der Waals surface area contributed by atoms with Gasteiger partial charge in [-0.15, -0.1) is 0 Å². The van der Waals surface area contributed by atoms with Crippen molar-refractivity contribution in [3.05, 3.63) is 53.8 Å². The third-order valence-electron chi connectivity index (χ3n) is 4.31. The number of hydrogen-bond acceptors (Lipinski definition) is 6. The molecule has 0 fully saturated rings. The minimum atomic E-state index is -3.96. The molecule has 1 aliphatic rings. The van der Waals surface area contributed by atoms with Crippen LogP contribution in [0.3, 0.4) is 0 Å². The van der Waals surface area contributed by atoms with Crippen molar-refractivity contribution in [3.63, 3.8) is 0 Å². The van der Waals surface area contributed by atoms with Crippen molar-refractivity contribution in [1.82, 2.24) is 0 Å². The van der Waals surface area contributed by atoms with Gasteiger partial charge in [0.1, 0.15) is 22.7 Å². The van der Waals surface area contributed by atoms with Gasteiger partial charge >= 0.3 is 5.97 Å². The van der Waals surface area contributed by atoms with E-state index >= 15 is 0 Å². The predicted octanol–water partition coefficient (Wildman–Crippen LogP) is 1.91. The topological polar surface area (TPSA) is 116 Å². The molecule has 0 aliphatic carbocycles. The van der Waals surface area contributed by atoms with Crippen LogP contribution in [-0.2, 0) is 14.6 Å². The smallest absolute Gasteiger partial charge is 0.341 e. The Kier molecular flexibility index (Phi) is 5.33. The number of fused-ring (bicyclic) bond motifs is 1. The number of ether oxygens (including phenoxy) is 2. The molecule has 0 spiro atoms. The normalized spacial score (nSPS) is 17.5. The molecular formula is C18H18FNO6S. The van der Waals surface area contributed by atoms with Gasteiger partial charge in [0.2, 0.25) is 0 Å². The minimum Gasteiger partial charge on any atom is -0.493 e. The van der Waals surface area contributed by atoms with Crippen molar-refractivity contribution >= 4 is 15.8 Å². The average molecular weight is 395 g/mol. The summed E-state index contributed by atoms with van der Waals surface area (Å²) in [6.07, 6.45) is 0.373. The first kappa shape index (κ1) is 19.1. The maximum Gasteiger partial charge on any atom is 0.341 e. The summed E-state index contributed by atoms with van der Waals surface area (Å²) in [4.78, 5) is 10.4. The largest absolute Gasteiger partial charge is 0.493 e. The van der Waals surface area contributed by atoms with Gasteiger partial charge < -0.3 is 20.3 Å². The third kappa shape index (κ3) is 4.04. The van der Waals surface area contributed by atoms with E-state index in [4.69, 9.17) is 20.3 Å². The third-order valence-corrected chi connectivity index (χ3v) is 6.27. The molecule has 1 aliphatic heterocycles. The molecule has 2 aromatic rings. The van der Waals surface area contributed by atoms with Crippen molar-refractivity contribution in [2.24, 2.45) is 5.73 Å². The van der Waals surface area contributed by atoms with Crippen molar-refractivity contribution in [3.8, 4) is 11.5 Å². The molecule has 0 saturated carbocycles. The molecule has 3 N–H and O–H groups in total. The maximum absolute atomic E-state index is 13.4. The number of aliphatic carboxylic acids is 1. The van der Waals surface area contributed by atoms with Crippen LogP contribution in [-0.4, -0.2) is 38.1 Å². The molecule has 0 saturated heterocycles. The first-order valence-corrected chi connectivity index (χ1v) is 9.70. The SMILES string of the molecule is NC(C1CCOc2cc(OCC(=O)O)ccc21)S(=O)(=O)c1cccc(F)c1. The van der Waals surface area contributed by atoms with Crippen LogP contribution in [0.15, 0.2) is 47.4 Å². The Labute approximate surface area is 155 Å². The lowest BCUT2D eigenvalue weighted by molar-refractivity contribution is -0.139. The lowest BCUT2D eigenvalue weighted by Crippen LogP contribution is -2.39. The molecular weight excluding hydrogens is 377 g/mol. The maximum atomic E-state index is 13.4. The number of carboxylic acid groups (broad SMARTS) is 1. The molecule has 0 amide bonds. The van der Waals surface area contributed by atoms with Gasteiger partial charge in [-0.1, -0.05) is 12.1 Å². The van der Waals surface area contributed by atoms with Crippen LogP contribution in [0.1, 0.15) is 17.9 Å². The number of rotatable bonds is 6. The van der Waals surface area contributed by atoms with E-state index in [1.54, 1.807) is 6.07 Å². The van der Waals surface area contributed by atoms with Crippen molar-refractivity contribution in [1.29, 1.82) is 0 Å². The summed E-state index contributed by atoms with van der Waals surface area (Å²) in [7, 11) is -3.96. The van der Waals surface area contributed by atoms with Crippen molar-refractivity contribution in [2.75, 3.05) is 13.2 Å². The number of nitrogens with two attached hydrogens (primary N) is 1. The van der Waals surface area contributed by atoms with E-state index in [2.05, 4.69) is 0 Å². The lowest BCUT2D eigenvalue weighted by atomic mass is 9.93. The quantitative estimate of drug-likeness (QED) is 0.767. The first-order valence-electron chi connectivity index (χ1n) is 8.15. The fraction of sp³-hybridized carbons (Fsp3) is 0.278. The predicted molar refractivity (Wildman–Crippen MR) is 94.0 cm³/mol. The summed E-state index contributed by atoms with van der Waals surface area (Å²) in [6, 6.07) is 9.37. The van der Waals surface area contributed by atoms with Gasteiger partial charge in [-0.05, 0) is 30.7 Å². The zero-order valence-electron chi connectivity index (χ0n) is 14.2. The standard InChI is InChI=1S/C18H18FNO6S/c19-11-2-1-3-13(8-11)27(23,24)18(20)15-6-7-25-16-9-12(4-5-14(15)16)26-10-17(21)22/h1-5,8-9,15,18H,6-7,10,20H2,(H,21,22). The number of carbonyl (C=O) groups is 1. The highest BCUT2D eigenvalue weighted by Crippen LogP contribution is 2.39. The van der Waals surface area contributed by atoms with E-state index in [1.165, 1.54) is 24.3 Å².